The molecule has 0 radical (unpaired) electrons. The lowest BCUT2D eigenvalue weighted by molar-refractivity contribution is -0.201. The predicted molar refractivity (Wildman–Crippen MR) is 198 cm³/mol. The second kappa shape index (κ2) is 13.2. The summed E-state index contributed by atoms with van der Waals surface area (Å²) in [6, 6.07) is 4.26. The highest BCUT2D eigenvalue weighted by molar-refractivity contribution is 7.99. The average Bonchev–Trinajstić information content (AvgIpc) is 3.66. The Morgan fingerprint density at radius 1 is 1.05 bits per heavy atom. The molecule has 5 heterocycles. The first-order chi connectivity index (χ1) is 26.2. The van der Waals surface area contributed by atoms with Crippen molar-refractivity contribution >= 4 is 29.5 Å². The van der Waals surface area contributed by atoms with E-state index in [1.807, 2.05) is 19.9 Å². The first kappa shape index (κ1) is 37.2. The standard InChI is InChI=1S/C40H44N2O12S/c1-8-20-11-17(2)32(50-7)31(46)26(20)30-29-36-27-28(35-34(51-16-52-35)18(3)33(27)53-19(4)43)37(40(29,48)25(45)14-42(30)5)54-38(47)39(15-55-36)22-13-24(49-6)23(44)12-21(22)9-10-41-39/h11-13,29-30,36-37,41,44,46,48H,8-10,14-16H2,1-7H3/t29?,30?,36?,37?,39-,40?/m1/s1. The number of piperidine rings is 1. The number of aryl methyl sites for hydroxylation is 2. The number of carbonyl (C=O) groups is 3. The Morgan fingerprint density at radius 3 is 2.49 bits per heavy atom. The van der Waals surface area contributed by atoms with Crippen LogP contribution < -0.4 is 29.0 Å². The van der Waals surface area contributed by atoms with Gasteiger partial charge in [0.2, 0.25) is 6.79 Å². The zero-order chi connectivity index (χ0) is 39.3. The Bertz CT molecular complexity index is 2170. The molecule has 0 aromatic heterocycles. The number of esters is 2. The molecule has 14 nitrogen and oxygen atoms in total. The molecule has 3 aromatic carbocycles. The number of likely N-dealkylation sites (tertiary alicyclic amines) is 1. The summed E-state index contributed by atoms with van der Waals surface area (Å²) in [6.45, 7) is 6.67. The summed E-state index contributed by atoms with van der Waals surface area (Å²) in [5.74, 6) is -2.34. The van der Waals surface area contributed by atoms with E-state index in [0.717, 1.165) is 5.56 Å². The smallest absolute Gasteiger partial charge is 0.332 e. The summed E-state index contributed by atoms with van der Waals surface area (Å²) in [6.07, 6.45) is -0.703. The molecule has 1 spiro atoms. The van der Waals surface area contributed by atoms with Gasteiger partial charge in [0.05, 0.1) is 26.3 Å². The van der Waals surface area contributed by atoms with E-state index in [-0.39, 0.29) is 64.9 Å². The molecule has 55 heavy (non-hydrogen) atoms. The molecule has 0 amide bonds. The summed E-state index contributed by atoms with van der Waals surface area (Å²) < 4.78 is 35.8. The molecular formula is C40H44N2O12S. The third-order valence-corrected chi connectivity index (χ3v) is 13.4. The number of hydrogen-bond acceptors (Lipinski definition) is 15. The number of Topliss-reactive ketones (excluding diaryl/α,β-unsaturated/α-hetero) is 1. The van der Waals surface area contributed by atoms with Crippen molar-refractivity contribution in [3.8, 4) is 40.2 Å². The molecule has 6 aliphatic rings. The van der Waals surface area contributed by atoms with Crippen molar-refractivity contribution in [3.63, 3.8) is 0 Å². The monoisotopic (exact) mass is 776 g/mol. The van der Waals surface area contributed by atoms with Crippen molar-refractivity contribution in [2.45, 2.75) is 69.1 Å². The number of methoxy groups -OCH3 is 2. The van der Waals surface area contributed by atoms with Gasteiger partial charge in [0.1, 0.15) is 5.75 Å². The molecule has 15 heteroatoms. The maximum Gasteiger partial charge on any atom is 0.332 e. The number of ketones is 1. The number of ether oxygens (including phenoxy) is 6. The third kappa shape index (κ3) is 5.15. The third-order valence-electron chi connectivity index (χ3n) is 11.9. The van der Waals surface area contributed by atoms with Gasteiger partial charge in [-0.2, -0.15) is 11.8 Å². The molecule has 2 saturated heterocycles. The lowest BCUT2D eigenvalue weighted by Crippen LogP contribution is -2.65. The van der Waals surface area contributed by atoms with Crippen LogP contribution in [-0.2, 0) is 37.5 Å². The number of benzene rings is 3. The average molecular weight is 777 g/mol. The molecule has 5 unspecified atom stereocenters. The first-order valence-corrected chi connectivity index (χ1v) is 19.3. The maximum absolute atomic E-state index is 15.1. The second-order valence-electron chi connectivity index (χ2n) is 14.9. The molecule has 2 fully saturated rings. The van der Waals surface area contributed by atoms with Gasteiger partial charge >= 0.3 is 11.9 Å². The molecule has 2 bridgehead atoms. The number of aliphatic hydroxyl groups is 1. The van der Waals surface area contributed by atoms with Crippen LogP contribution >= 0.6 is 11.8 Å². The summed E-state index contributed by atoms with van der Waals surface area (Å²) >= 11 is 1.29. The highest BCUT2D eigenvalue weighted by Crippen LogP contribution is 2.68. The summed E-state index contributed by atoms with van der Waals surface area (Å²) in [7, 11) is 4.64. The molecule has 4 N–H and O–H groups in total. The van der Waals surface area contributed by atoms with Crippen LogP contribution in [0.3, 0.4) is 0 Å². The van der Waals surface area contributed by atoms with Crippen molar-refractivity contribution in [1.29, 1.82) is 0 Å². The van der Waals surface area contributed by atoms with Crippen molar-refractivity contribution in [2.24, 2.45) is 5.92 Å². The molecule has 9 rings (SSSR count). The number of phenols is 2. The molecule has 3 aromatic rings. The van der Waals surface area contributed by atoms with Crippen LogP contribution in [0.5, 0.6) is 40.2 Å². The fourth-order valence-electron chi connectivity index (χ4n) is 9.55. The minimum Gasteiger partial charge on any atom is -0.504 e. The number of aromatic hydroxyl groups is 2. The van der Waals surface area contributed by atoms with Crippen molar-refractivity contribution in [2.75, 3.05) is 46.9 Å². The van der Waals surface area contributed by atoms with Crippen LogP contribution in [0.15, 0.2) is 18.2 Å². The van der Waals surface area contributed by atoms with E-state index in [0.29, 0.717) is 52.8 Å². The number of fused-ring (bicyclic) bond motifs is 4. The van der Waals surface area contributed by atoms with Crippen molar-refractivity contribution in [3.05, 3.63) is 62.7 Å². The number of nitrogens with zero attached hydrogens (tertiary/aromatic N) is 1. The van der Waals surface area contributed by atoms with Gasteiger partial charge in [-0.1, -0.05) is 13.0 Å². The summed E-state index contributed by atoms with van der Waals surface area (Å²) in [5.41, 5.74) is 0.255. The zero-order valence-corrected chi connectivity index (χ0v) is 32.5. The van der Waals surface area contributed by atoms with Gasteiger partial charge < -0.3 is 43.7 Å². The highest BCUT2D eigenvalue weighted by Gasteiger charge is 2.69. The first-order valence-electron chi connectivity index (χ1n) is 18.2. The minimum atomic E-state index is -2.40. The topological polar surface area (TPSA) is 183 Å². The Morgan fingerprint density at radius 2 is 1.80 bits per heavy atom. The number of thioether (sulfide) groups is 1. The molecule has 292 valence electrons. The molecular weight excluding hydrogens is 733 g/mol. The second-order valence-corrected chi connectivity index (χ2v) is 16.0. The van der Waals surface area contributed by atoms with Gasteiger partial charge in [0, 0.05) is 53.1 Å². The minimum absolute atomic E-state index is 0.0115. The van der Waals surface area contributed by atoms with Crippen molar-refractivity contribution in [1.82, 2.24) is 10.2 Å². The Balaban J connectivity index is 1.46. The van der Waals surface area contributed by atoms with Gasteiger partial charge in [-0.3, -0.25) is 19.8 Å². The summed E-state index contributed by atoms with van der Waals surface area (Å²) in [4.78, 5) is 44.6. The van der Waals surface area contributed by atoms with E-state index in [9.17, 15) is 24.9 Å². The number of nitrogens with one attached hydrogen (secondary N) is 1. The number of phenolic OH excluding ortho intramolecular Hbond substituents is 2. The quantitative estimate of drug-likeness (QED) is 0.216. The normalized spacial score (nSPS) is 28.0. The van der Waals surface area contributed by atoms with Gasteiger partial charge in [0.15, 0.2) is 57.5 Å². The number of hydrogen-bond donors (Lipinski definition) is 4. The Labute approximate surface area is 322 Å². The lowest BCUT2D eigenvalue weighted by Gasteiger charge is -2.56. The van der Waals surface area contributed by atoms with Crippen LogP contribution in [0.1, 0.15) is 75.8 Å². The predicted octanol–water partition coefficient (Wildman–Crippen LogP) is 3.98. The molecule has 1 aliphatic carbocycles. The van der Waals surface area contributed by atoms with Gasteiger partial charge in [-0.15, -0.1) is 0 Å². The molecule has 0 saturated carbocycles. The van der Waals surface area contributed by atoms with E-state index < -0.39 is 52.2 Å². The highest BCUT2D eigenvalue weighted by atomic mass is 32.2. The fourth-order valence-corrected chi connectivity index (χ4v) is 11.3. The number of carbonyl (C=O) groups excluding carboxylic acids is 3. The van der Waals surface area contributed by atoms with Crippen LogP contribution in [0.4, 0.5) is 0 Å². The van der Waals surface area contributed by atoms with E-state index >= 15 is 4.79 Å². The van der Waals surface area contributed by atoms with E-state index in [4.69, 9.17) is 28.4 Å². The SMILES string of the molecule is CCc1cc(C)c(OC)c(O)c1C1C2C3SC[C@]4(NCCc5cc(O)c(OC)cc54)C(=O)OC(c4c5c(c(C)c(OC(C)=O)c43)OCO5)C2(O)C(=O)CN1C. The van der Waals surface area contributed by atoms with Crippen LogP contribution in [0.2, 0.25) is 0 Å². The zero-order valence-electron chi connectivity index (χ0n) is 31.7. The van der Waals surface area contributed by atoms with Gasteiger partial charge in [0.25, 0.3) is 0 Å². The van der Waals surface area contributed by atoms with E-state index in [1.54, 1.807) is 31.0 Å². The lowest BCUT2D eigenvalue weighted by atomic mass is 9.61. The largest absolute Gasteiger partial charge is 0.504 e. The number of rotatable bonds is 5. The van der Waals surface area contributed by atoms with E-state index in [1.165, 1.54) is 32.9 Å². The van der Waals surface area contributed by atoms with Crippen molar-refractivity contribution < 1.29 is 58.1 Å². The van der Waals surface area contributed by atoms with E-state index in [2.05, 4.69) is 5.32 Å². The van der Waals surface area contributed by atoms with Gasteiger partial charge in [-0.05, 0) is 68.1 Å². The van der Waals surface area contributed by atoms with Gasteiger partial charge in [-0.25, -0.2) is 4.79 Å². The Hall–Kier alpha value is -4.70. The fraction of sp³-hybridized carbons (Fsp3) is 0.475. The van der Waals surface area contributed by atoms with Crippen LogP contribution in [0.25, 0.3) is 0 Å². The summed E-state index contributed by atoms with van der Waals surface area (Å²) in [5, 5.41) is 38.7. The number of likely N-dealkylation sites (N-methyl/N-ethyl adjacent to an activating group) is 1. The van der Waals surface area contributed by atoms with Crippen LogP contribution in [0, 0.1) is 19.8 Å². The Kier molecular flexibility index (Phi) is 8.94. The molecule has 5 aliphatic heterocycles. The molecule has 6 atom stereocenters. The maximum atomic E-state index is 15.1. The van der Waals surface area contributed by atoms with Crippen LogP contribution in [-0.4, -0.2) is 90.4 Å².